The summed E-state index contributed by atoms with van der Waals surface area (Å²) in [5, 5.41) is 4.85. The Morgan fingerprint density at radius 2 is 1.82 bits per heavy atom. The summed E-state index contributed by atoms with van der Waals surface area (Å²) in [5.74, 6) is 0.0331. The molecule has 3 rings (SSSR count). The van der Waals surface area contributed by atoms with E-state index in [9.17, 15) is 9.59 Å². The molecule has 0 saturated heterocycles. The van der Waals surface area contributed by atoms with E-state index in [-0.39, 0.29) is 17.4 Å². The number of thiazole rings is 1. The third-order valence-corrected chi connectivity index (χ3v) is 6.29. The van der Waals surface area contributed by atoms with Crippen LogP contribution >= 0.6 is 23.1 Å². The van der Waals surface area contributed by atoms with Gasteiger partial charge in [0, 0.05) is 10.9 Å². The van der Waals surface area contributed by atoms with Crippen molar-refractivity contribution in [1.82, 2.24) is 10.3 Å². The van der Waals surface area contributed by atoms with Crippen LogP contribution in [0.5, 0.6) is 0 Å². The summed E-state index contributed by atoms with van der Waals surface area (Å²) >= 11 is 2.91. The Kier molecular flexibility index (Phi) is 7.01. The van der Waals surface area contributed by atoms with Gasteiger partial charge < -0.3 is 5.32 Å². The van der Waals surface area contributed by atoms with Gasteiger partial charge in [-0.1, -0.05) is 71.9 Å². The van der Waals surface area contributed by atoms with E-state index >= 15 is 0 Å². The van der Waals surface area contributed by atoms with E-state index in [1.54, 1.807) is 0 Å². The van der Waals surface area contributed by atoms with Crippen molar-refractivity contribution in [3.8, 4) is 11.3 Å². The van der Waals surface area contributed by atoms with E-state index in [0.29, 0.717) is 6.42 Å². The molecule has 4 nitrogen and oxygen atoms in total. The Balaban J connectivity index is 1.54. The zero-order chi connectivity index (χ0) is 19.9. The quantitative estimate of drug-likeness (QED) is 0.555. The van der Waals surface area contributed by atoms with Gasteiger partial charge in [-0.3, -0.25) is 9.59 Å². The second-order valence-corrected chi connectivity index (χ2v) is 8.65. The molecule has 6 heteroatoms. The third kappa shape index (κ3) is 5.78. The van der Waals surface area contributed by atoms with Gasteiger partial charge in [0.2, 0.25) is 5.91 Å². The van der Waals surface area contributed by atoms with Crippen molar-refractivity contribution in [3.05, 3.63) is 71.1 Å². The first-order chi connectivity index (χ1) is 13.5. The van der Waals surface area contributed by atoms with Crippen molar-refractivity contribution in [2.24, 2.45) is 0 Å². The Morgan fingerprint density at radius 3 is 2.50 bits per heavy atom. The molecule has 2 aromatic carbocycles. The van der Waals surface area contributed by atoms with E-state index in [0.717, 1.165) is 21.2 Å². The van der Waals surface area contributed by atoms with Crippen LogP contribution in [0.1, 0.15) is 18.1 Å². The number of aromatic nitrogens is 1. The minimum absolute atomic E-state index is 0.0434. The second-order valence-electron chi connectivity index (χ2n) is 6.57. The Labute approximate surface area is 173 Å². The normalized spacial score (nSPS) is 11.8. The SMILES string of the molecule is CC(=O)[C@H](Cc1ccccc1)NC(=O)CSc1nc(-c2ccc(C)cc2)cs1. The largest absolute Gasteiger partial charge is 0.345 e. The van der Waals surface area contributed by atoms with Crippen LogP contribution < -0.4 is 5.32 Å². The van der Waals surface area contributed by atoms with E-state index < -0.39 is 6.04 Å². The molecule has 28 heavy (non-hydrogen) atoms. The highest BCUT2D eigenvalue weighted by Gasteiger charge is 2.18. The number of hydrogen-bond donors (Lipinski definition) is 1. The molecule has 1 aromatic heterocycles. The Bertz CT molecular complexity index is 937. The number of carbonyl (C=O) groups is 2. The highest BCUT2D eigenvalue weighted by Crippen LogP contribution is 2.28. The fourth-order valence-corrected chi connectivity index (χ4v) is 4.34. The lowest BCUT2D eigenvalue weighted by Gasteiger charge is -2.15. The Hall–Kier alpha value is -2.44. The van der Waals surface area contributed by atoms with Crippen LogP contribution in [0.25, 0.3) is 11.3 Å². The molecule has 144 valence electrons. The Morgan fingerprint density at radius 1 is 1.11 bits per heavy atom. The number of ketones is 1. The average Bonchev–Trinajstić information content (AvgIpc) is 3.16. The molecule has 0 spiro atoms. The van der Waals surface area contributed by atoms with Gasteiger partial charge in [0.1, 0.15) is 0 Å². The number of benzene rings is 2. The zero-order valence-electron chi connectivity index (χ0n) is 15.8. The lowest BCUT2D eigenvalue weighted by Crippen LogP contribution is -2.42. The topological polar surface area (TPSA) is 59.1 Å². The molecule has 0 bridgehead atoms. The summed E-state index contributed by atoms with van der Waals surface area (Å²) in [5.41, 5.74) is 4.22. The van der Waals surface area contributed by atoms with Crippen LogP contribution in [0.15, 0.2) is 64.3 Å². The highest BCUT2D eigenvalue weighted by molar-refractivity contribution is 8.01. The molecule has 0 aliphatic carbocycles. The monoisotopic (exact) mass is 410 g/mol. The number of amides is 1. The lowest BCUT2D eigenvalue weighted by atomic mass is 10.0. The maximum atomic E-state index is 12.3. The second kappa shape index (κ2) is 9.66. The summed E-state index contributed by atoms with van der Waals surface area (Å²) < 4.78 is 0.841. The van der Waals surface area contributed by atoms with E-state index in [1.165, 1.54) is 35.6 Å². The number of nitrogens with one attached hydrogen (secondary N) is 1. The first-order valence-corrected chi connectivity index (χ1v) is 10.9. The minimum Gasteiger partial charge on any atom is -0.345 e. The first-order valence-electron chi connectivity index (χ1n) is 9.00. The molecule has 0 aliphatic heterocycles. The maximum absolute atomic E-state index is 12.3. The predicted molar refractivity (Wildman–Crippen MR) is 116 cm³/mol. The third-order valence-electron chi connectivity index (χ3n) is 4.27. The van der Waals surface area contributed by atoms with Crippen molar-refractivity contribution in [3.63, 3.8) is 0 Å². The molecule has 1 amide bonds. The number of Topliss-reactive ketones (excluding diaryl/α,β-unsaturated/α-hetero) is 1. The van der Waals surface area contributed by atoms with Crippen LogP contribution in [0.4, 0.5) is 0 Å². The maximum Gasteiger partial charge on any atom is 0.231 e. The number of aryl methyl sites for hydroxylation is 1. The van der Waals surface area contributed by atoms with Crippen LogP contribution in [0.2, 0.25) is 0 Å². The van der Waals surface area contributed by atoms with Gasteiger partial charge in [-0.25, -0.2) is 4.98 Å². The molecule has 1 heterocycles. The van der Waals surface area contributed by atoms with Crippen molar-refractivity contribution in [1.29, 1.82) is 0 Å². The van der Waals surface area contributed by atoms with Gasteiger partial charge in [-0.15, -0.1) is 11.3 Å². The van der Waals surface area contributed by atoms with Gasteiger partial charge >= 0.3 is 0 Å². The van der Waals surface area contributed by atoms with Gasteiger partial charge in [-0.05, 0) is 25.8 Å². The van der Waals surface area contributed by atoms with Crippen molar-refractivity contribution < 1.29 is 9.59 Å². The van der Waals surface area contributed by atoms with Gasteiger partial charge in [0.05, 0.1) is 17.5 Å². The number of rotatable bonds is 8. The fraction of sp³-hybridized carbons (Fsp3) is 0.227. The fourth-order valence-electron chi connectivity index (χ4n) is 2.69. The molecule has 0 unspecified atom stereocenters. The van der Waals surface area contributed by atoms with Crippen LogP contribution in [-0.2, 0) is 16.0 Å². The first kappa shape index (κ1) is 20.3. The smallest absolute Gasteiger partial charge is 0.231 e. The molecule has 1 atom stereocenters. The number of thioether (sulfide) groups is 1. The number of carbonyl (C=O) groups excluding carboxylic acids is 2. The molecular weight excluding hydrogens is 388 g/mol. The van der Waals surface area contributed by atoms with E-state index in [4.69, 9.17) is 0 Å². The molecule has 0 fully saturated rings. The van der Waals surface area contributed by atoms with Gasteiger partial charge in [0.15, 0.2) is 10.1 Å². The van der Waals surface area contributed by atoms with E-state index in [2.05, 4.69) is 29.4 Å². The lowest BCUT2D eigenvalue weighted by molar-refractivity contribution is -0.125. The van der Waals surface area contributed by atoms with Crippen LogP contribution in [0, 0.1) is 6.92 Å². The highest BCUT2D eigenvalue weighted by atomic mass is 32.2. The molecule has 0 radical (unpaired) electrons. The standard InChI is InChI=1S/C22H22N2O2S2/c1-15-8-10-18(11-9-15)20-13-27-22(24-20)28-14-21(26)23-19(16(2)25)12-17-6-4-3-5-7-17/h3-11,13,19H,12,14H2,1-2H3,(H,23,26)/t19-/m0/s1. The molecule has 0 saturated carbocycles. The average molecular weight is 411 g/mol. The summed E-state index contributed by atoms with van der Waals surface area (Å²) in [7, 11) is 0. The number of hydrogen-bond acceptors (Lipinski definition) is 5. The summed E-state index contributed by atoms with van der Waals surface area (Å²) in [6.07, 6.45) is 0.501. The van der Waals surface area contributed by atoms with Crippen molar-refractivity contribution in [2.45, 2.75) is 30.6 Å². The van der Waals surface area contributed by atoms with E-state index in [1.807, 2.05) is 47.8 Å². The molecule has 0 aliphatic rings. The van der Waals surface area contributed by atoms with Crippen molar-refractivity contribution >= 4 is 34.8 Å². The van der Waals surface area contributed by atoms with Crippen molar-refractivity contribution in [2.75, 3.05) is 5.75 Å². The number of nitrogens with zero attached hydrogens (tertiary/aromatic N) is 1. The van der Waals surface area contributed by atoms with Gasteiger partial charge in [-0.2, -0.15) is 0 Å². The molecule has 1 N–H and O–H groups in total. The van der Waals surface area contributed by atoms with Crippen LogP contribution in [0.3, 0.4) is 0 Å². The summed E-state index contributed by atoms with van der Waals surface area (Å²) in [4.78, 5) is 28.8. The molecule has 3 aromatic rings. The summed E-state index contributed by atoms with van der Waals surface area (Å²) in [6.45, 7) is 3.56. The minimum atomic E-state index is -0.505. The zero-order valence-corrected chi connectivity index (χ0v) is 17.5. The van der Waals surface area contributed by atoms with Crippen LogP contribution in [-0.4, -0.2) is 28.5 Å². The van der Waals surface area contributed by atoms with Gasteiger partial charge in [0.25, 0.3) is 0 Å². The molecular formula is C22H22N2O2S2. The predicted octanol–water partition coefficient (Wildman–Crippen LogP) is 4.53. The summed E-state index contributed by atoms with van der Waals surface area (Å²) in [6, 6.07) is 17.4.